The Labute approximate surface area is 147 Å². The first-order valence-electron chi connectivity index (χ1n) is 8.01. The van der Waals surface area contributed by atoms with E-state index in [1.165, 1.54) is 18.3 Å². The van der Waals surface area contributed by atoms with Gasteiger partial charge in [0, 0.05) is 23.9 Å². The molecule has 8 heteroatoms. The molecule has 2 N–H and O–H groups in total. The summed E-state index contributed by atoms with van der Waals surface area (Å²) in [6.07, 6.45) is 1.36. The molecular weight excluding hydrogens is 338 g/mol. The lowest BCUT2D eigenvalue weighted by Crippen LogP contribution is -2.23. The number of amides is 1. The third-order valence-corrected chi connectivity index (χ3v) is 3.86. The van der Waals surface area contributed by atoms with Gasteiger partial charge in [-0.2, -0.15) is 0 Å². The largest absolute Gasteiger partial charge is 0.486 e. The Hall–Kier alpha value is -3.55. The summed E-state index contributed by atoms with van der Waals surface area (Å²) in [6, 6.07) is 10.0. The number of hydrogen-bond donors (Lipinski definition) is 2. The van der Waals surface area contributed by atoms with E-state index in [0.717, 1.165) is 5.56 Å². The van der Waals surface area contributed by atoms with Gasteiger partial charge in [-0.15, -0.1) is 0 Å². The van der Waals surface area contributed by atoms with E-state index in [0.29, 0.717) is 41.7 Å². The Morgan fingerprint density at radius 3 is 2.77 bits per heavy atom. The van der Waals surface area contributed by atoms with Gasteiger partial charge in [0.15, 0.2) is 17.3 Å². The number of fused-ring (bicyclic) bond motifs is 1. The summed E-state index contributed by atoms with van der Waals surface area (Å²) in [7, 11) is 0. The minimum Gasteiger partial charge on any atom is -0.486 e. The summed E-state index contributed by atoms with van der Waals surface area (Å²) < 4.78 is 16.4. The molecule has 0 saturated carbocycles. The SMILES string of the molecule is O=C(NCc1cc(-c2ccc3c(c2)OCCO3)on1)c1ccc(=O)[nH]c1. The molecule has 8 nitrogen and oxygen atoms in total. The van der Waals surface area contributed by atoms with E-state index in [2.05, 4.69) is 15.5 Å². The van der Waals surface area contributed by atoms with E-state index in [4.69, 9.17) is 14.0 Å². The second-order valence-corrected chi connectivity index (χ2v) is 5.67. The van der Waals surface area contributed by atoms with Crippen molar-refractivity contribution in [1.82, 2.24) is 15.5 Å². The number of hydrogen-bond acceptors (Lipinski definition) is 6. The lowest BCUT2D eigenvalue weighted by Gasteiger charge is -2.18. The number of carbonyl (C=O) groups is 1. The fraction of sp³-hybridized carbons (Fsp3) is 0.167. The number of aromatic amines is 1. The van der Waals surface area contributed by atoms with Crippen LogP contribution in [-0.4, -0.2) is 29.3 Å². The summed E-state index contributed by atoms with van der Waals surface area (Å²) >= 11 is 0. The quantitative estimate of drug-likeness (QED) is 0.740. The third kappa shape index (κ3) is 3.30. The van der Waals surface area contributed by atoms with Gasteiger partial charge in [0.2, 0.25) is 5.56 Å². The molecule has 1 amide bonds. The number of rotatable bonds is 4. The predicted molar refractivity (Wildman–Crippen MR) is 91.2 cm³/mol. The van der Waals surface area contributed by atoms with Crippen LogP contribution in [0.2, 0.25) is 0 Å². The van der Waals surface area contributed by atoms with E-state index in [9.17, 15) is 9.59 Å². The van der Waals surface area contributed by atoms with E-state index in [-0.39, 0.29) is 18.0 Å². The summed E-state index contributed by atoms with van der Waals surface area (Å²) in [5.41, 5.74) is 1.48. The topological polar surface area (TPSA) is 106 Å². The third-order valence-electron chi connectivity index (χ3n) is 3.86. The molecule has 0 spiro atoms. The number of aromatic nitrogens is 2. The van der Waals surface area contributed by atoms with E-state index < -0.39 is 0 Å². The van der Waals surface area contributed by atoms with E-state index >= 15 is 0 Å². The van der Waals surface area contributed by atoms with Crippen molar-refractivity contribution < 1.29 is 18.8 Å². The Morgan fingerprint density at radius 2 is 1.96 bits per heavy atom. The number of ether oxygens (including phenoxy) is 2. The normalized spacial score (nSPS) is 12.6. The second-order valence-electron chi connectivity index (χ2n) is 5.67. The highest BCUT2D eigenvalue weighted by Crippen LogP contribution is 2.34. The highest BCUT2D eigenvalue weighted by atomic mass is 16.6. The first-order chi connectivity index (χ1) is 12.7. The molecule has 0 fully saturated rings. The number of H-pyrrole nitrogens is 1. The number of pyridine rings is 1. The van der Waals surface area contributed by atoms with E-state index in [1.807, 2.05) is 18.2 Å². The van der Waals surface area contributed by atoms with Gasteiger partial charge < -0.3 is 24.3 Å². The van der Waals surface area contributed by atoms with Crippen LogP contribution in [0.5, 0.6) is 11.5 Å². The molecule has 26 heavy (non-hydrogen) atoms. The molecule has 4 rings (SSSR count). The van der Waals surface area contributed by atoms with Crippen molar-refractivity contribution >= 4 is 5.91 Å². The van der Waals surface area contributed by atoms with Crippen molar-refractivity contribution in [1.29, 1.82) is 0 Å². The van der Waals surface area contributed by atoms with Gasteiger partial charge in [-0.25, -0.2) is 0 Å². The number of carbonyl (C=O) groups excluding carboxylic acids is 1. The molecule has 2 aromatic heterocycles. The molecule has 1 aromatic carbocycles. The standard InChI is InChI=1S/C18H15N3O5/c22-17-4-2-12(9-19-17)18(23)20-10-13-8-15(26-21-13)11-1-3-14-16(7-11)25-6-5-24-14/h1-4,7-9H,5-6,10H2,(H,19,22)(H,20,23). The lowest BCUT2D eigenvalue weighted by molar-refractivity contribution is 0.0949. The average Bonchev–Trinajstić information content (AvgIpc) is 3.15. The van der Waals surface area contributed by atoms with Gasteiger partial charge in [0.05, 0.1) is 12.1 Å². The molecular formula is C18H15N3O5. The van der Waals surface area contributed by atoms with Crippen LogP contribution >= 0.6 is 0 Å². The molecule has 0 unspecified atom stereocenters. The van der Waals surface area contributed by atoms with Crippen molar-refractivity contribution in [2.24, 2.45) is 0 Å². The first kappa shape index (κ1) is 15.9. The van der Waals surface area contributed by atoms with Crippen molar-refractivity contribution in [3.63, 3.8) is 0 Å². The fourth-order valence-electron chi connectivity index (χ4n) is 2.55. The monoisotopic (exact) mass is 353 g/mol. The molecule has 0 bridgehead atoms. The molecule has 0 atom stereocenters. The van der Waals surface area contributed by atoms with Crippen molar-refractivity contribution in [2.45, 2.75) is 6.54 Å². The fourth-order valence-corrected chi connectivity index (χ4v) is 2.55. The zero-order valence-corrected chi connectivity index (χ0v) is 13.7. The minimum absolute atomic E-state index is 0.200. The van der Waals surface area contributed by atoms with Crippen molar-refractivity contribution in [2.75, 3.05) is 13.2 Å². The van der Waals surface area contributed by atoms with Crippen LogP contribution in [0.15, 0.2) is 51.9 Å². The Bertz CT molecular complexity index is 988. The van der Waals surface area contributed by atoms with E-state index in [1.54, 1.807) is 6.07 Å². The number of nitrogens with zero attached hydrogens (tertiary/aromatic N) is 1. The summed E-state index contributed by atoms with van der Waals surface area (Å²) in [5, 5.41) is 6.69. The molecule has 0 aliphatic carbocycles. The van der Waals surface area contributed by atoms with Gasteiger partial charge in [-0.3, -0.25) is 9.59 Å². The average molecular weight is 353 g/mol. The van der Waals surface area contributed by atoms with Crippen LogP contribution < -0.4 is 20.3 Å². The highest BCUT2D eigenvalue weighted by molar-refractivity contribution is 5.93. The predicted octanol–water partition coefficient (Wildman–Crippen LogP) is 1.73. The second kappa shape index (κ2) is 6.75. The van der Waals surface area contributed by atoms with Crippen molar-refractivity contribution in [3.8, 4) is 22.8 Å². The zero-order chi connectivity index (χ0) is 17.9. The van der Waals surface area contributed by atoms with Crippen LogP contribution in [0.25, 0.3) is 11.3 Å². The molecule has 3 aromatic rings. The smallest absolute Gasteiger partial charge is 0.253 e. The van der Waals surface area contributed by atoms with Crippen molar-refractivity contribution in [3.05, 3.63) is 64.2 Å². The number of benzene rings is 1. The maximum Gasteiger partial charge on any atom is 0.253 e. The van der Waals surface area contributed by atoms with Crippen LogP contribution in [0.4, 0.5) is 0 Å². The molecule has 1 aliphatic rings. The van der Waals surface area contributed by atoms with Crippen LogP contribution in [0.1, 0.15) is 16.1 Å². The maximum atomic E-state index is 12.0. The maximum absolute atomic E-state index is 12.0. The Balaban J connectivity index is 1.44. The van der Waals surface area contributed by atoms with Gasteiger partial charge in [-0.1, -0.05) is 5.16 Å². The first-order valence-corrected chi connectivity index (χ1v) is 8.01. The lowest BCUT2D eigenvalue weighted by atomic mass is 10.1. The van der Waals surface area contributed by atoms with Crippen LogP contribution in [0, 0.1) is 0 Å². The molecule has 1 aliphatic heterocycles. The molecule has 3 heterocycles. The zero-order valence-electron chi connectivity index (χ0n) is 13.7. The number of nitrogens with one attached hydrogen (secondary N) is 2. The van der Waals surface area contributed by atoms with Crippen LogP contribution in [-0.2, 0) is 6.54 Å². The molecule has 0 radical (unpaired) electrons. The van der Waals surface area contributed by atoms with Gasteiger partial charge in [-0.05, 0) is 24.3 Å². The summed E-state index contributed by atoms with van der Waals surface area (Å²) in [6.45, 7) is 1.24. The molecule has 0 saturated heterocycles. The van der Waals surface area contributed by atoms with Gasteiger partial charge >= 0.3 is 0 Å². The summed E-state index contributed by atoms with van der Waals surface area (Å²) in [5.74, 6) is 1.62. The Morgan fingerprint density at radius 1 is 1.12 bits per heavy atom. The minimum atomic E-state index is -0.315. The summed E-state index contributed by atoms with van der Waals surface area (Å²) in [4.78, 5) is 25.5. The highest BCUT2D eigenvalue weighted by Gasteiger charge is 2.15. The molecule has 132 valence electrons. The van der Waals surface area contributed by atoms with Gasteiger partial charge in [0.1, 0.15) is 18.9 Å². The Kier molecular flexibility index (Phi) is 4.14. The van der Waals surface area contributed by atoms with Gasteiger partial charge in [0.25, 0.3) is 5.91 Å². The van der Waals surface area contributed by atoms with Crippen LogP contribution in [0.3, 0.4) is 0 Å².